The lowest BCUT2D eigenvalue weighted by Gasteiger charge is -2.20. The van der Waals surface area contributed by atoms with Crippen LogP contribution in [0.1, 0.15) is 25.8 Å². The van der Waals surface area contributed by atoms with Crippen molar-refractivity contribution in [3.05, 3.63) is 29.8 Å². The van der Waals surface area contributed by atoms with Crippen LogP contribution in [0.2, 0.25) is 0 Å². The van der Waals surface area contributed by atoms with Crippen molar-refractivity contribution in [1.82, 2.24) is 0 Å². The molecule has 0 bridgehead atoms. The van der Waals surface area contributed by atoms with Gasteiger partial charge >= 0.3 is 0 Å². The molecule has 0 saturated carbocycles. The summed E-state index contributed by atoms with van der Waals surface area (Å²) in [5.74, 6) is 0.723. The Morgan fingerprint density at radius 2 is 2.12 bits per heavy atom. The Morgan fingerprint density at radius 3 is 2.69 bits per heavy atom. The zero-order valence-electron chi connectivity index (χ0n) is 10.2. The monoisotopic (exact) mass is 236 g/mol. The minimum absolute atomic E-state index is 0.458. The minimum atomic E-state index is 0.458. The number of hydrogen-bond donors (Lipinski definition) is 1. The van der Waals surface area contributed by atoms with E-state index in [-0.39, 0.29) is 0 Å². The molecular formula is C13H20N2S. The molecule has 1 aromatic carbocycles. The summed E-state index contributed by atoms with van der Waals surface area (Å²) in [6.07, 6.45) is 1.19. The first-order chi connectivity index (χ1) is 7.50. The van der Waals surface area contributed by atoms with E-state index in [0.29, 0.717) is 4.99 Å². The van der Waals surface area contributed by atoms with Crippen LogP contribution < -0.4 is 10.6 Å². The van der Waals surface area contributed by atoms with Crippen LogP contribution in [-0.4, -0.2) is 18.6 Å². The van der Waals surface area contributed by atoms with Gasteiger partial charge in [-0.3, -0.25) is 0 Å². The summed E-state index contributed by atoms with van der Waals surface area (Å²) in [7, 11) is 2.10. The van der Waals surface area contributed by atoms with E-state index in [4.69, 9.17) is 18.0 Å². The third kappa shape index (κ3) is 3.81. The lowest BCUT2D eigenvalue weighted by Crippen LogP contribution is -2.20. The fourth-order valence-electron chi connectivity index (χ4n) is 1.48. The third-order valence-corrected chi connectivity index (χ3v) is 2.85. The summed E-state index contributed by atoms with van der Waals surface area (Å²) < 4.78 is 0. The molecule has 0 heterocycles. The molecule has 0 amide bonds. The molecule has 0 radical (unpaired) electrons. The summed E-state index contributed by atoms with van der Waals surface area (Å²) >= 11 is 4.97. The molecule has 3 heteroatoms. The molecule has 2 nitrogen and oxygen atoms in total. The van der Waals surface area contributed by atoms with E-state index >= 15 is 0 Å². The van der Waals surface area contributed by atoms with Crippen LogP contribution in [0.25, 0.3) is 0 Å². The molecule has 88 valence electrons. The quantitative estimate of drug-likeness (QED) is 0.797. The van der Waals surface area contributed by atoms with Crippen LogP contribution in [0, 0.1) is 5.92 Å². The predicted octanol–water partition coefficient (Wildman–Crippen LogP) is 2.80. The Morgan fingerprint density at radius 1 is 1.44 bits per heavy atom. The summed E-state index contributed by atoms with van der Waals surface area (Å²) in [5.41, 5.74) is 7.72. The summed E-state index contributed by atoms with van der Waals surface area (Å²) in [5, 5.41) is 0. The maximum atomic E-state index is 5.62. The molecule has 0 saturated heterocycles. The Bertz CT molecular complexity index is 361. The zero-order chi connectivity index (χ0) is 12.1. The number of nitrogens with two attached hydrogens (primary N) is 1. The molecule has 0 aliphatic rings. The molecule has 1 aromatic rings. The normalized spacial score (nSPS) is 10.5. The zero-order valence-corrected chi connectivity index (χ0v) is 11.1. The van der Waals surface area contributed by atoms with E-state index in [1.165, 1.54) is 12.1 Å². The second-order valence-corrected chi connectivity index (χ2v) is 4.96. The van der Waals surface area contributed by atoms with Gasteiger partial charge in [0.2, 0.25) is 0 Å². The molecule has 1 rings (SSSR count). The summed E-state index contributed by atoms with van der Waals surface area (Å²) in [6, 6.07) is 8.07. The Hall–Kier alpha value is -1.09. The van der Waals surface area contributed by atoms with Crippen LogP contribution in [0.4, 0.5) is 5.69 Å². The van der Waals surface area contributed by atoms with Crippen LogP contribution >= 0.6 is 12.2 Å². The number of thiocarbonyl (C=S) groups is 1. The lowest BCUT2D eigenvalue weighted by atomic mass is 10.1. The second-order valence-electron chi connectivity index (χ2n) is 4.52. The van der Waals surface area contributed by atoms with Crippen molar-refractivity contribution >= 4 is 22.9 Å². The van der Waals surface area contributed by atoms with Crippen LogP contribution in [0.3, 0.4) is 0 Å². The Balaban J connectivity index is 2.71. The maximum Gasteiger partial charge on any atom is 0.104 e. The van der Waals surface area contributed by atoms with Gasteiger partial charge in [-0.25, -0.2) is 0 Å². The highest BCUT2D eigenvalue weighted by Gasteiger charge is 2.04. The van der Waals surface area contributed by atoms with E-state index in [1.54, 1.807) is 0 Å². The van der Waals surface area contributed by atoms with Crippen LogP contribution in [0.5, 0.6) is 0 Å². The van der Waals surface area contributed by atoms with Gasteiger partial charge in [-0.05, 0) is 24.5 Å². The molecule has 0 unspecified atom stereocenters. The van der Waals surface area contributed by atoms with Crippen molar-refractivity contribution in [2.75, 3.05) is 18.5 Å². The number of benzene rings is 1. The smallest absolute Gasteiger partial charge is 0.104 e. The largest absolute Gasteiger partial charge is 0.389 e. The first-order valence-electron chi connectivity index (χ1n) is 5.61. The van der Waals surface area contributed by atoms with E-state index in [2.05, 4.69) is 31.9 Å². The second kappa shape index (κ2) is 5.85. The fourth-order valence-corrected chi connectivity index (χ4v) is 1.60. The maximum absolute atomic E-state index is 5.62. The van der Waals surface area contributed by atoms with Crippen molar-refractivity contribution in [3.63, 3.8) is 0 Å². The number of hydrogen-bond acceptors (Lipinski definition) is 2. The third-order valence-electron chi connectivity index (χ3n) is 2.61. The van der Waals surface area contributed by atoms with Gasteiger partial charge in [-0.2, -0.15) is 0 Å². The van der Waals surface area contributed by atoms with Gasteiger partial charge in [0.05, 0.1) is 0 Å². The molecule has 0 aliphatic heterocycles. The molecule has 0 spiro atoms. The van der Waals surface area contributed by atoms with Gasteiger partial charge < -0.3 is 10.6 Å². The van der Waals surface area contributed by atoms with Gasteiger partial charge in [-0.1, -0.05) is 38.2 Å². The van der Waals surface area contributed by atoms with Gasteiger partial charge in [-0.15, -0.1) is 0 Å². The standard InChI is InChI=1S/C13H20N2S/c1-10(2)7-8-15(3)12-6-4-5-11(9-12)13(14)16/h4-6,9-10H,7-8H2,1-3H3,(H2,14,16). The topological polar surface area (TPSA) is 29.3 Å². The van der Waals surface area contributed by atoms with E-state index < -0.39 is 0 Å². The molecular weight excluding hydrogens is 216 g/mol. The van der Waals surface area contributed by atoms with Crippen molar-refractivity contribution in [2.45, 2.75) is 20.3 Å². The van der Waals surface area contributed by atoms with Crippen LogP contribution in [-0.2, 0) is 0 Å². The highest BCUT2D eigenvalue weighted by atomic mass is 32.1. The first-order valence-corrected chi connectivity index (χ1v) is 6.02. The van der Waals surface area contributed by atoms with E-state index in [1.807, 2.05) is 18.2 Å². The summed E-state index contributed by atoms with van der Waals surface area (Å²) in [4.78, 5) is 2.70. The van der Waals surface area contributed by atoms with Gasteiger partial charge in [0, 0.05) is 24.8 Å². The molecule has 2 N–H and O–H groups in total. The predicted molar refractivity (Wildman–Crippen MR) is 75.1 cm³/mol. The highest BCUT2D eigenvalue weighted by molar-refractivity contribution is 7.80. The SMILES string of the molecule is CC(C)CCN(C)c1cccc(C(N)=S)c1. The first kappa shape index (κ1) is 13.0. The highest BCUT2D eigenvalue weighted by Crippen LogP contribution is 2.16. The fraction of sp³-hybridized carbons (Fsp3) is 0.462. The van der Waals surface area contributed by atoms with Gasteiger partial charge in [0.15, 0.2) is 0 Å². The molecule has 0 fully saturated rings. The molecule has 0 aromatic heterocycles. The number of rotatable bonds is 5. The van der Waals surface area contributed by atoms with E-state index in [0.717, 1.165) is 18.0 Å². The Kier molecular flexibility index (Phi) is 4.74. The number of nitrogens with zero attached hydrogens (tertiary/aromatic N) is 1. The van der Waals surface area contributed by atoms with Crippen LogP contribution in [0.15, 0.2) is 24.3 Å². The van der Waals surface area contributed by atoms with Gasteiger partial charge in [0.1, 0.15) is 4.99 Å². The van der Waals surface area contributed by atoms with Crippen molar-refractivity contribution in [2.24, 2.45) is 11.7 Å². The molecule has 0 atom stereocenters. The summed E-state index contributed by atoms with van der Waals surface area (Å²) in [6.45, 7) is 5.52. The average Bonchev–Trinajstić information content (AvgIpc) is 2.26. The lowest BCUT2D eigenvalue weighted by molar-refractivity contribution is 0.585. The molecule has 0 aliphatic carbocycles. The minimum Gasteiger partial charge on any atom is -0.389 e. The average molecular weight is 236 g/mol. The molecule has 16 heavy (non-hydrogen) atoms. The Labute approximate surface area is 103 Å². The van der Waals surface area contributed by atoms with E-state index in [9.17, 15) is 0 Å². The number of anilines is 1. The van der Waals surface area contributed by atoms with Crippen molar-refractivity contribution < 1.29 is 0 Å². The van der Waals surface area contributed by atoms with Crippen molar-refractivity contribution in [1.29, 1.82) is 0 Å². The van der Waals surface area contributed by atoms with Gasteiger partial charge in [0.25, 0.3) is 0 Å². The van der Waals surface area contributed by atoms with Crippen molar-refractivity contribution in [3.8, 4) is 0 Å².